The lowest BCUT2D eigenvalue weighted by atomic mass is 10.3. The van der Waals surface area contributed by atoms with Gasteiger partial charge in [0.2, 0.25) is 10.0 Å². The molecule has 3 rings (SSSR count). The number of nitrogens with zero attached hydrogens (tertiary/aromatic N) is 4. The van der Waals surface area contributed by atoms with E-state index in [4.69, 9.17) is 9.47 Å². The standard InChI is InChI=1S/C17H24N4O6S2/c1-19-12-17(18-13-19)29(24,25)21-8-4-7-20(9-10-21)28(22,23)16-11-14(26-2)5-6-15(16)27-3/h5-6,11-13H,4,7-10H2,1-3H3. The van der Waals surface area contributed by atoms with Crippen LogP contribution in [0.1, 0.15) is 6.42 Å². The summed E-state index contributed by atoms with van der Waals surface area (Å²) >= 11 is 0. The quantitative estimate of drug-likeness (QED) is 0.639. The van der Waals surface area contributed by atoms with Crippen molar-refractivity contribution in [3.8, 4) is 11.5 Å². The molecule has 0 amide bonds. The molecule has 0 bridgehead atoms. The predicted molar refractivity (Wildman–Crippen MR) is 105 cm³/mol. The minimum absolute atomic E-state index is 0.0135. The number of ether oxygens (including phenoxy) is 2. The number of sulfonamides is 2. The fraction of sp³-hybridized carbons (Fsp3) is 0.471. The van der Waals surface area contributed by atoms with Gasteiger partial charge in [-0.1, -0.05) is 0 Å². The second-order valence-electron chi connectivity index (χ2n) is 6.56. The minimum Gasteiger partial charge on any atom is -0.497 e. The summed E-state index contributed by atoms with van der Waals surface area (Å²) in [5, 5.41) is -0.0502. The van der Waals surface area contributed by atoms with Gasteiger partial charge in [-0.2, -0.15) is 8.61 Å². The van der Waals surface area contributed by atoms with Crippen LogP contribution in [0.3, 0.4) is 0 Å². The smallest absolute Gasteiger partial charge is 0.262 e. The zero-order chi connectivity index (χ0) is 21.2. The van der Waals surface area contributed by atoms with Gasteiger partial charge in [-0.25, -0.2) is 21.8 Å². The molecule has 160 valence electrons. The van der Waals surface area contributed by atoms with Crippen LogP contribution >= 0.6 is 0 Å². The van der Waals surface area contributed by atoms with Crippen molar-refractivity contribution in [2.45, 2.75) is 16.3 Å². The van der Waals surface area contributed by atoms with Crippen LogP contribution < -0.4 is 9.47 Å². The molecule has 2 heterocycles. The molecular weight excluding hydrogens is 420 g/mol. The molecule has 0 aliphatic carbocycles. The number of rotatable bonds is 6. The molecule has 1 fully saturated rings. The van der Waals surface area contributed by atoms with E-state index in [-0.39, 0.29) is 41.8 Å². The summed E-state index contributed by atoms with van der Waals surface area (Å²) in [6, 6.07) is 4.55. The highest BCUT2D eigenvalue weighted by Crippen LogP contribution is 2.31. The highest BCUT2D eigenvalue weighted by molar-refractivity contribution is 7.89. The molecule has 2 aromatic rings. The fourth-order valence-corrected chi connectivity index (χ4v) is 6.21. The Morgan fingerprint density at radius 1 is 0.931 bits per heavy atom. The van der Waals surface area contributed by atoms with Gasteiger partial charge < -0.3 is 14.0 Å². The van der Waals surface area contributed by atoms with Crippen LogP contribution in [-0.4, -0.2) is 75.4 Å². The summed E-state index contributed by atoms with van der Waals surface area (Å²) in [6.07, 6.45) is 3.20. The Morgan fingerprint density at radius 2 is 1.59 bits per heavy atom. The molecule has 1 aromatic carbocycles. The summed E-state index contributed by atoms with van der Waals surface area (Å²) in [5.41, 5.74) is 0. The molecule has 0 spiro atoms. The first-order valence-electron chi connectivity index (χ1n) is 8.90. The average Bonchev–Trinajstić information content (AvgIpc) is 2.99. The van der Waals surface area contributed by atoms with E-state index in [2.05, 4.69) is 4.98 Å². The number of hydrogen-bond donors (Lipinski definition) is 0. The van der Waals surface area contributed by atoms with Gasteiger partial charge in [0.15, 0.2) is 5.03 Å². The van der Waals surface area contributed by atoms with Gasteiger partial charge in [0.1, 0.15) is 16.4 Å². The van der Waals surface area contributed by atoms with E-state index in [9.17, 15) is 16.8 Å². The topological polar surface area (TPSA) is 111 Å². The largest absolute Gasteiger partial charge is 0.497 e. The van der Waals surface area contributed by atoms with E-state index >= 15 is 0 Å². The van der Waals surface area contributed by atoms with E-state index in [0.29, 0.717) is 12.2 Å². The van der Waals surface area contributed by atoms with Crippen molar-refractivity contribution in [1.29, 1.82) is 0 Å². The van der Waals surface area contributed by atoms with E-state index in [0.717, 1.165) is 0 Å². The molecule has 12 heteroatoms. The summed E-state index contributed by atoms with van der Waals surface area (Å²) in [4.78, 5) is 3.91. The lowest BCUT2D eigenvalue weighted by Crippen LogP contribution is -2.37. The number of hydrogen-bond acceptors (Lipinski definition) is 7. The first-order chi connectivity index (χ1) is 13.7. The van der Waals surface area contributed by atoms with Crippen molar-refractivity contribution in [2.24, 2.45) is 7.05 Å². The van der Waals surface area contributed by atoms with Gasteiger partial charge in [0.25, 0.3) is 10.0 Å². The van der Waals surface area contributed by atoms with Crippen LogP contribution in [0.15, 0.2) is 40.6 Å². The molecule has 29 heavy (non-hydrogen) atoms. The minimum atomic E-state index is -3.90. The normalized spacial score (nSPS) is 17.1. The number of imidazole rings is 1. The van der Waals surface area contributed by atoms with Crippen LogP contribution in [-0.2, 0) is 27.1 Å². The van der Waals surface area contributed by atoms with Crippen LogP contribution in [0, 0.1) is 0 Å². The predicted octanol–water partition coefficient (Wildman–Crippen LogP) is 0.523. The van der Waals surface area contributed by atoms with Crippen molar-refractivity contribution in [3.05, 3.63) is 30.7 Å². The summed E-state index contributed by atoms with van der Waals surface area (Å²) in [5.74, 6) is 0.589. The SMILES string of the molecule is COc1ccc(OC)c(S(=O)(=O)N2CCCN(S(=O)(=O)c3cn(C)cn3)CC2)c1. The summed E-state index contributed by atoms with van der Waals surface area (Å²) in [6.45, 7) is 0.455. The Kier molecular flexibility index (Phi) is 6.17. The molecule has 1 aromatic heterocycles. The highest BCUT2D eigenvalue weighted by atomic mass is 32.2. The van der Waals surface area contributed by atoms with Crippen molar-refractivity contribution in [2.75, 3.05) is 40.4 Å². The maximum Gasteiger partial charge on any atom is 0.262 e. The van der Waals surface area contributed by atoms with Crippen LogP contribution in [0.4, 0.5) is 0 Å². The zero-order valence-corrected chi connectivity index (χ0v) is 18.1. The Hall–Kier alpha value is -2.15. The van der Waals surface area contributed by atoms with E-state index in [1.807, 2.05) is 0 Å². The number of aryl methyl sites for hydroxylation is 1. The molecule has 10 nitrogen and oxygen atoms in total. The monoisotopic (exact) mass is 444 g/mol. The Labute approximate surface area is 170 Å². The summed E-state index contributed by atoms with van der Waals surface area (Å²) in [7, 11) is -3.16. The van der Waals surface area contributed by atoms with Gasteiger partial charge >= 0.3 is 0 Å². The molecule has 1 aliphatic heterocycles. The fourth-order valence-electron chi connectivity index (χ4n) is 3.13. The van der Waals surface area contributed by atoms with Crippen LogP contribution in [0.5, 0.6) is 11.5 Å². The number of benzene rings is 1. The Balaban J connectivity index is 1.85. The second-order valence-corrected chi connectivity index (χ2v) is 10.3. The van der Waals surface area contributed by atoms with Crippen molar-refractivity contribution in [3.63, 3.8) is 0 Å². The van der Waals surface area contributed by atoms with E-state index in [1.165, 1.54) is 47.5 Å². The molecule has 0 radical (unpaired) electrons. The number of aromatic nitrogens is 2. The zero-order valence-electron chi connectivity index (χ0n) is 16.5. The maximum atomic E-state index is 13.2. The first kappa shape index (κ1) is 21.6. The van der Waals surface area contributed by atoms with Gasteiger partial charge in [-0.05, 0) is 18.6 Å². The molecule has 0 unspecified atom stereocenters. The molecule has 0 atom stereocenters. The van der Waals surface area contributed by atoms with Gasteiger partial charge in [-0.3, -0.25) is 0 Å². The average molecular weight is 445 g/mol. The van der Waals surface area contributed by atoms with Crippen molar-refractivity contribution in [1.82, 2.24) is 18.2 Å². The molecule has 1 saturated heterocycles. The first-order valence-corrected chi connectivity index (χ1v) is 11.8. The molecule has 0 saturated carbocycles. The van der Waals surface area contributed by atoms with E-state index in [1.54, 1.807) is 17.7 Å². The molecule has 0 N–H and O–H groups in total. The third-order valence-electron chi connectivity index (χ3n) is 4.69. The van der Waals surface area contributed by atoms with E-state index < -0.39 is 20.0 Å². The molecular formula is C17H24N4O6S2. The highest BCUT2D eigenvalue weighted by Gasteiger charge is 2.34. The van der Waals surface area contributed by atoms with Crippen LogP contribution in [0.2, 0.25) is 0 Å². The maximum absolute atomic E-state index is 13.2. The number of methoxy groups -OCH3 is 2. The lowest BCUT2D eigenvalue weighted by Gasteiger charge is -2.22. The van der Waals surface area contributed by atoms with Crippen LogP contribution in [0.25, 0.3) is 0 Å². The third kappa shape index (κ3) is 4.25. The lowest BCUT2D eigenvalue weighted by molar-refractivity contribution is 0.382. The third-order valence-corrected chi connectivity index (χ3v) is 8.39. The van der Waals surface area contributed by atoms with Crippen molar-refractivity contribution >= 4 is 20.0 Å². The van der Waals surface area contributed by atoms with Gasteiger partial charge in [-0.15, -0.1) is 0 Å². The Morgan fingerprint density at radius 3 is 2.14 bits per heavy atom. The van der Waals surface area contributed by atoms with Crippen molar-refractivity contribution < 1.29 is 26.3 Å². The summed E-state index contributed by atoms with van der Waals surface area (Å²) < 4.78 is 66.5. The second kappa shape index (κ2) is 8.30. The Bertz CT molecular complexity index is 1080. The molecule has 1 aliphatic rings. The van der Waals surface area contributed by atoms with Gasteiger partial charge in [0.05, 0.1) is 20.5 Å². The van der Waals surface area contributed by atoms with Gasteiger partial charge in [0, 0.05) is 45.5 Å².